The summed E-state index contributed by atoms with van der Waals surface area (Å²) >= 11 is 3.51. The predicted molar refractivity (Wildman–Crippen MR) is 77.4 cm³/mol. The van der Waals surface area contributed by atoms with Crippen molar-refractivity contribution in [2.45, 2.75) is 6.92 Å². The predicted octanol–water partition coefficient (Wildman–Crippen LogP) is 4.37. The number of rotatable bonds is 1. The molecule has 0 N–H and O–H groups in total. The van der Waals surface area contributed by atoms with Crippen molar-refractivity contribution in [1.82, 2.24) is 9.97 Å². The standard InChI is InChI=1S/C15H11BrN2/c1-10-6-8-11(9-7-10)15-17-13-5-3-2-4-12(13)14(16)18-15/h2-9H,1H3. The lowest BCUT2D eigenvalue weighted by Crippen LogP contribution is -1.91. The van der Waals surface area contributed by atoms with Gasteiger partial charge < -0.3 is 0 Å². The van der Waals surface area contributed by atoms with Crippen molar-refractivity contribution in [2.24, 2.45) is 0 Å². The number of hydrogen-bond acceptors (Lipinski definition) is 2. The summed E-state index contributed by atoms with van der Waals surface area (Å²) in [4.78, 5) is 9.10. The van der Waals surface area contributed by atoms with Crippen LogP contribution < -0.4 is 0 Å². The van der Waals surface area contributed by atoms with Crippen molar-refractivity contribution >= 4 is 26.8 Å². The van der Waals surface area contributed by atoms with Crippen molar-refractivity contribution in [3.8, 4) is 11.4 Å². The molecule has 0 saturated carbocycles. The van der Waals surface area contributed by atoms with Crippen molar-refractivity contribution in [2.75, 3.05) is 0 Å². The third-order valence-electron chi connectivity index (χ3n) is 2.87. The number of aromatic nitrogens is 2. The van der Waals surface area contributed by atoms with Gasteiger partial charge in [-0.3, -0.25) is 0 Å². The van der Waals surface area contributed by atoms with Gasteiger partial charge in [0.15, 0.2) is 5.82 Å². The molecule has 18 heavy (non-hydrogen) atoms. The molecule has 3 heteroatoms. The van der Waals surface area contributed by atoms with Crippen LogP contribution >= 0.6 is 15.9 Å². The van der Waals surface area contributed by atoms with Gasteiger partial charge in [-0.2, -0.15) is 0 Å². The van der Waals surface area contributed by atoms with Gasteiger partial charge in [0, 0.05) is 10.9 Å². The Balaban J connectivity index is 2.21. The molecular formula is C15H11BrN2. The number of halogens is 1. The molecule has 0 atom stereocenters. The van der Waals surface area contributed by atoms with Gasteiger partial charge in [0.2, 0.25) is 0 Å². The topological polar surface area (TPSA) is 25.8 Å². The van der Waals surface area contributed by atoms with E-state index >= 15 is 0 Å². The molecule has 1 heterocycles. The highest BCUT2D eigenvalue weighted by Gasteiger charge is 2.06. The number of fused-ring (bicyclic) bond motifs is 1. The number of benzene rings is 2. The highest BCUT2D eigenvalue weighted by atomic mass is 79.9. The van der Waals surface area contributed by atoms with Gasteiger partial charge in [-0.05, 0) is 28.9 Å². The van der Waals surface area contributed by atoms with Gasteiger partial charge in [-0.1, -0.05) is 48.0 Å². The Labute approximate surface area is 114 Å². The fourth-order valence-electron chi connectivity index (χ4n) is 1.87. The molecule has 0 radical (unpaired) electrons. The van der Waals surface area contributed by atoms with Gasteiger partial charge in [0.05, 0.1) is 5.52 Å². The minimum absolute atomic E-state index is 0.751. The van der Waals surface area contributed by atoms with E-state index in [0.717, 1.165) is 26.9 Å². The first-order valence-electron chi connectivity index (χ1n) is 5.73. The summed E-state index contributed by atoms with van der Waals surface area (Å²) in [5.41, 5.74) is 3.22. The molecule has 0 spiro atoms. The Kier molecular flexibility index (Phi) is 2.84. The molecule has 0 saturated heterocycles. The lowest BCUT2D eigenvalue weighted by Gasteiger charge is -2.04. The van der Waals surface area contributed by atoms with Crippen molar-refractivity contribution in [1.29, 1.82) is 0 Å². The summed E-state index contributed by atoms with van der Waals surface area (Å²) < 4.78 is 0.837. The minimum atomic E-state index is 0.751. The summed E-state index contributed by atoms with van der Waals surface area (Å²) in [6, 6.07) is 16.2. The largest absolute Gasteiger partial charge is 0.228 e. The second-order valence-corrected chi connectivity index (χ2v) is 4.97. The number of hydrogen-bond donors (Lipinski definition) is 0. The second kappa shape index (κ2) is 4.50. The third kappa shape index (κ3) is 2.02. The van der Waals surface area contributed by atoms with Crippen LogP contribution in [0.25, 0.3) is 22.3 Å². The molecule has 2 nitrogen and oxygen atoms in total. The van der Waals surface area contributed by atoms with Crippen LogP contribution in [0, 0.1) is 6.92 Å². The van der Waals surface area contributed by atoms with Crippen LogP contribution in [0.5, 0.6) is 0 Å². The lowest BCUT2D eigenvalue weighted by molar-refractivity contribution is 1.20. The van der Waals surface area contributed by atoms with E-state index < -0.39 is 0 Å². The van der Waals surface area contributed by atoms with E-state index in [4.69, 9.17) is 0 Å². The summed E-state index contributed by atoms with van der Waals surface area (Å²) in [7, 11) is 0. The van der Waals surface area contributed by atoms with Crippen molar-refractivity contribution in [3.05, 3.63) is 58.7 Å². The molecule has 1 aromatic heterocycles. The van der Waals surface area contributed by atoms with E-state index in [1.165, 1.54) is 5.56 Å². The zero-order chi connectivity index (χ0) is 12.5. The summed E-state index contributed by atoms with van der Waals surface area (Å²) in [6.07, 6.45) is 0. The maximum Gasteiger partial charge on any atom is 0.161 e. The lowest BCUT2D eigenvalue weighted by atomic mass is 10.1. The number of aryl methyl sites for hydroxylation is 1. The first kappa shape index (κ1) is 11.4. The molecule has 0 amide bonds. The molecule has 3 rings (SSSR count). The molecule has 0 aliphatic carbocycles. The first-order chi connectivity index (χ1) is 8.74. The van der Waals surface area contributed by atoms with E-state index in [-0.39, 0.29) is 0 Å². The van der Waals surface area contributed by atoms with Crippen molar-refractivity contribution < 1.29 is 0 Å². The fraction of sp³-hybridized carbons (Fsp3) is 0.0667. The molecule has 3 aromatic rings. The third-order valence-corrected chi connectivity index (χ3v) is 3.47. The minimum Gasteiger partial charge on any atom is -0.228 e. The zero-order valence-electron chi connectivity index (χ0n) is 9.89. The number of para-hydroxylation sites is 1. The van der Waals surface area contributed by atoms with Crippen LogP contribution in [0.15, 0.2) is 53.1 Å². The second-order valence-electron chi connectivity index (χ2n) is 4.22. The Morgan fingerprint density at radius 2 is 1.61 bits per heavy atom. The van der Waals surface area contributed by atoms with E-state index in [2.05, 4.69) is 45.0 Å². The van der Waals surface area contributed by atoms with E-state index in [9.17, 15) is 0 Å². The maximum atomic E-state index is 4.59. The molecule has 88 valence electrons. The molecule has 0 unspecified atom stereocenters. The smallest absolute Gasteiger partial charge is 0.161 e. The highest BCUT2D eigenvalue weighted by Crippen LogP contribution is 2.24. The summed E-state index contributed by atoms with van der Waals surface area (Å²) in [5.74, 6) is 0.751. The average molecular weight is 299 g/mol. The van der Waals surface area contributed by atoms with E-state index in [1.807, 2.05) is 36.4 Å². The molecule has 0 fully saturated rings. The van der Waals surface area contributed by atoms with Crippen molar-refractivity contribution in [3.63, 3.8) is 0 Å². The molecule has 0 bridgehead atoms. The Bertz CT molecular complexity index is 705. The van der Waals surface area contributed by atoms with Gasteiger partial charge in [0.25, 0.3) is 0 Å². The summed E-state index contributed by atoms with van der Waals surface area (Å²) in [5, 5.41) is 1.04. The van der Waals surface area contributed by atoms with E-state index in [0.29, 0.717) is 0 Å². The maximum absolute atomic E-state index is 4.59. The van der Waals surface area contributed by atoms with Gasteiger partial charge in [-0.25, -0.2) is 9.97 Å². The molecule has 0 aliphatic heterocycles. The van der Waals surface area contributed by atoms with Crippen LogP contribution in [-0.2, 0) is 0 Å². The van der Waals surface area contributed by atoms with Crippen LogP contribution in [0.2, 0.25) is 0 Å². The molecular weight excluding hydrogens is 288 g/mol. The van der Waals surface area contributed by atoms with E-state index in [1.54, 1.807) is 0 Å². The quantitative estimate of drug-likeness (QED) is 0.624. The van der Waals surface area contributed by atoms with Gasteiger partial charge >= 0.3 is 0 Å². The van der Waals surface area contributed by atoms with Crippen LogP contribution in [0.4, 0.5) is 0 Å². The Morgan fingerprint density at radius 1 is 0.889 bits per heavy atom. The summed E-state index contributed by atoms with van der Waals surface area (Å²) in [6.45, 7) is 2.07. The Hall–Kier alpha value is -1.74. The fourth-order valence-corrected chi connectivity index (χ4v) is 2.37. The molecule has 0 aliphatic rings. The van der Waals surface area contributed by atoms with Gasteiger partial charge in [0.1, 0.15) is 4.60 Å². The monoisotopic (exact) mass is 298 g/mol. The zero-order valence-corrected chi connectivity index (χ0v) is 11.5. The van der Waals surface area contributed by atoms with Crippen LogP contribution in [0.3, 0.4) is 0 Å². The Morgan fingerprint density at radius 3 is 2.39 bits per heavy atom. The number of nitrogens with zero attached hydrogens (tertiary/aromatic N) is 2. The average Bonchev–Trinajstić information content (AvgIpc) is 2.39. The van der Waals surface area contributed by atoms with Crippen LogP contribution in [0.1, 0.15) is 5.56 Å². The SMILES string of the molecule is Cc1ccc(-c2nc(Br)c3ccccc3n2)cc1. The normalized spacial score (nSPS) is 10.8. The molecule has 2 aromatic carbocycles. The van der Waals surface area contributed by atoms with Gasteiger partial charge in [-0.15, -0.1) is 0 Å². The first-order valence-corrected chi connectivity index (χ1v) is 6.53. The highest BCUT2D eigenvalue weighted by molar-refractivity contribution is 9.10. The van der Waals surface area contributed by atoms with Crippen LogP contribution in [-0.4, -0.2) is 9.97 Å².